The lowest BCUT2D eigenvalue weighted by Crippen LogP contribution is -2.29. The number of amides is 1. The summed E-state index contributed by atoms with van der Waals surface area (Å²) < 4.78 is 15.5. The van der Waals surface area contributed by atoms with Gasteiger partial charge in [0.25, 0.3) is 5.91 Å². The zero-order valence-electron chi connectivity index (χ0n) is 12.1. The molecule has 1 amide bonds. The van der Waals surface area contributed by atoms with Crippen LogP contribution in [-0.4, -0.2) is 25.7 Å². The van der Waals surface area contributed by atoms with Crippen LogP contribution in [0.3, 0.4) is 0 Å². The number of nitrogens with one attached hydrogen (secondary N) is 1. The van der Waals surface area contributed by atoms with Crippen molar-refractivity contribution in [1.82, 2.24) is 25.1 Å². The van der Waals surface area contributed by atoms with E-state index in [9.17, 15) is 9.18 Å². The minimum Gasteiger partial charge on any atom is -0.341 e. The average molecular weight is 299 g/mol. The lowest BCUT2D eigenvalue weighted by Gasteiger charge is -2.12. The molecule has 7 heteroatoms. The molecule has 1 aromatic carbocycles. The molecule has 0 saturated carbocycles. The molecule has 2 heterocycles. The van der Waals surface area contributed by atoms with Gasteiger partial charge in [0.05, 0.1) is 6.04 Å². The van der Waals surface area contributed by atoms with E-state index in [2.05, 4.69) is 20.5 Å². The van der Waals surface area contributed by atoms with Crippen LogP contribution in [0.5, 0.6) is 0 Å². The van der Waals surface area contributed by atoms with Gasteiger partial charge in [0.2, 0.25) is 0 Å². The van der Waals surface area contributed by atoms with Gasteiger partial charge < -0.3 is 9.88 Å². The van der Waals surface area contributed by atoms with Crippen molar-refractivity contribution in [3.63, 3.8) is 0 Å². The molecule has 0 radical (unpaired) electrons. The number of para-hydroxylation sites is 1. The standard InChI is InChI=1S/C15H14FN5O/c1-9(14-20-17-8-21(14)2)18-15(22)12-7-6-10-4-3-5-11(16)13(10)19-12/h3-9H,1-2H3,(H,18,22). The normalized spacial score (nSPS) is 12.3. The van der Waals surface area contributed by atoms with Crippen LogP contribution in [0, 0.1) is 5.82 Å². The molecule has 22 heavy (non-hydrogen) atoms. The van der Waals surface area contributed by atoms with E-state index in [4.69, 9.17) is 0 Å². The van der Waals surface area contributed by atoms with E-state index < -0.39 is 5.82 Å². The number of halogens is 1. The predicted molar refractivity (Wildman–Crippen MR) is 78.6 cm³/mol. The minimum atomic E-state index is -0.450. The van der Waals surface area contributed by atoms with Crippen LogP contribution in [0.4, 0.5) is 4.39 Å². The number of carbonyl (C=O) groups is 1. The largest absolute Gasteiger partial charge is 0.341 e. The fraction of sp³-hybridized carbons (Fsp3) is 0.200. The summed E-state index contributed by atoms with van der Waals surface area (Å²) in [6.45, 7) is 1.80. The van der Waals surface area contributed by atoms with Gasteiger partial charge in [-0.15, -0.1) is 10.2 Å². The van der Waals surface area contributed by atoms with E-state index in [1.54, 1.807) is 49.1 Å². The van der Waals surface area contributed by atoms with E-state index >= 15 is 0 Å². The molecule has 3 aromatic rings. The van der Waals surface area contributed by atoms with Crippen molar-refractivity contribution in [2.75, 3.05) is 0 Å². The van der Waals surface area contributed by atoms with Crippen LogP contribution >= 0.6 is 0 Å². The third kappa shape index (κ3) is 2.52. The van der Waals surface area contributed by atoms with E-state index in [0.29, 0.717) is 11.2 Å². The molecule has 0 aliphatic heterocycles. The summed E-state index contributed by atoms with van der Waals surface area (Å²) in [5, 5.41) is 11.1. The number of fused-ring (bicyclic) bond motifs is 1. The number of hydrogen-bond donors (Lipinski definition) is 1. The zero-order chi connectivity index (χ0) is 15.7. The Hall–Kier alpha value is -2.83. The van der Waals surface area contributed by atoms with Crippen LogP contribution in [0.25, 0.3) is 10.9 Å². The summed E-state index contributed by atoms with van der Waals surface area (Å²) in [7, 11) is 1.79. The average Bonchev–Trinajstić information content (AvgIpc) is 2.93. The van der Waals surface area contributed by atoms with E-state index in [1.165, 1.54) is 6.07 Å². The second kappa shape index (κ2) is 5.51. The maximum Gasteiger partial charge on any atom is 0.270 e. The summed E-state index contributed by atoms with van der Waals surface area (Å²) in [6.07, 6.45) is 1.56. The maximum atomic E-state index is 13.8. The first kappa shape index (κ1) is 14.1. The zero-order valence-corrected chi connectivity index (χ0v) is 12.1. The van der Waals surface area contributed by atoms with E-state index in [0.717, 1.165) is 0 Å². The third-order valence-corrected chi connectivity index (χ3v) is 3.38. The van der Waals surface area contributed by atoms with Crippen LogP contribution in [0.1, 0.15) is 29.3 Å². The molecular weight excluding hydrogens is 285 g/mol. The first-order valence-electron chi connectivity index (χ1n) is 6.76. The molecule has 0 spiro atoms. The topological polar surface area (TPSA) is 72.7 Å². The number of pyridine rings is 1. The molecule has 1 atom stereocenters. The molecule has 6 nitrogen and oxygen atoms in total. The van der Waals surface area contributed by atoms with Gasteiger partial charge in [0.15, 0.2) is 5.82 Å². The van der Waals surface area contributed by atoms with Crippen LogP contribution in [0.15, 0.2) is 36.7 Å². The SMILES string of the molecule is CC(NC(=O)c1ccc2cccc(F)c2n1)c1nncn1C. The highest BCUT2D eigenvalue weighted by molar-refractivity contribution is 5.95. The number of benzene rings is 1. The number of nitrogens with zero attached hydrogens (tertiary/aromatic N) is 4. The Bertz CT molecular complexity index is 845. The molecule has 2 aromatic heterocycles. The molecule has 0 aliphatic rings. The summed E-state index contributed by atoms with van der Waals surface area (Å²) in [4.78, 5) is 16.4. The molecule has 0 aliphatic carbocycles. The fourth-order valence-electron chi connectivity index (χ4n) is 2.26. The molecule has 0 saturated heterocycles. The number of rotatable bonds is 3. The van der Waals surface area contributed by atoms with Gasteiger partial charge >= 0.3 is 0 Å². The highest BCUT2D eigenvalue weighted by atomic mass is 19.1. The Morgan fingerprint density at radius 1 is 1.32 bits per heavy atom. The first-order chi connectivity index (χ1) is 10.6. The van der Waals surface area contributed by atoms with Crippen molar-refractivity contribution < 1.29 is 9.18 Å². The second-order valence-corrected chi connectivity index (χ2v) is 5.00. The minimum absolute atomic E-state index is 0.159. The van der Waals surface area contributed by atoms with Crippen molar-refractivity contribution >= 4 is 16.8 Å². The van der Waals surface area contributed by atoms with Gasteiger partial charge in [-0.2, -0.15) is 0 Å². The van der Waals surface area contributed by atoms with Gasteiger partial charge in [-0.25, -0.2) is 9.37 Å². The molecule has 1 unspecified atom stereocenters. The van der Waals surface area contributed by atoms with Gasteiger partial charge in [-0.3, -0.25) is 4.79 Å². The van der Waals surface area contributed by atoms with Gasteiger partial charge in [0, 0.05) is 12.4 Å². The monoisotopic (exact) mass is 299 g/mol. The lowest BCUT2D eigenvalue weighted by atomic mass is 10.2. The van der Waals surface area contributed by atoms with E-state index in [1.807, 2.05) is 0 Å². The van der Waals surface area contributed by atoms with Crippen molar-refractivity contribution in [3.05, 3.63) is 54.0 Å². The Morgan fingerprint density at radius 3 is 2.86 bits per heavy atom. The highest BCUT2D eigenvalue weighted by Gasteiger charge is 2.17. The maximum absolute atomic E-state index is 13.8. The van der Waals surface area contributed by atoms with Crippen molar-refractivity contribution in [2.24, 2.45) is 7.05 Å². The molecule has 0 fully saturated rings. The molecular formula is C15H14FN5O. The lowest BCUT2D eigenvalue weighted by molar-refractivity contribution is 0.0933. The fourth-order valence-corrected chi connectivity index (χ4v) is 2.26. The number of hydrogen-bond acceptors (Lipinski definition) is 4. The summed E-state index contributed by atoms with van der Waals surface area (Å²) in [6, 6.07) is 7.58. The summed E-state index contributed by atoms with van der Waals surface area (Å²) >= 11 is 0. The van der Waals surface area contributed by atoms with Crippen LogP contribution in [0.2, 0.25) is 0 Å². The Morgan fingerprint density at radius 2 is 2.14 bits per heavy atom. The quantitative estimate of drug-likeness (QED) is 0.803. The van der Waals surface area contributed by atoms with Crippen molar-refractivity contribution in [3.8, 4) is 0 Å². The van der Waals surface area contributed by atoms with Gasteiger partial charge in [-0.1, -0.05) is 18.2 Å². The highest BCUT2D eigenvalue weighted by Crippen LogP contribution is 2.16. The summed E-state index contributed by atoms with van der Waals surface area (Å²) in [5.41, 5.74) is 0.341. The molecule has 0 bridgehead atoms. The number of aryl methyl sites for hydroxylation is 1. The van der Waals surface area contributed by atoms with Gasteiger partial charge in [-0.05, 0) is 19.1 Å². The van der Waals surface area contributed by atoms with Crippen molar-refractivity contribution in [2.45, 2.75) is 13.0 Å². The third-order valence-electron chi connectivity index (χ3n) is 3.38. The molecule has 3 rings (SSSR count). The predicted octanol–water partition coefficient (Wildman–Crippen LogP) is 1.99. The number of aromatic nitrogens is 4. The number of carbonyl (C=O) groups excluding carboxylic acids is 1. The van der Waals surface area contributed by atoms with Crippen molar-refractivity contribution in [1.29, 1.82) is 0 Å². The van der Waals surface area contributed by atoms with E-state index in [-0.39, 0.29) is 23.2 Å². The van der Waals surface area contributed by atoms with Gasteiger partial charge in [0.1, 0.15) is 23.4 Å². The summed E-state index contributed by atoms with van der Waals surface area (Å²) in [5.74, 6) is -0.213. The Labute approximate surface area is 126 Å². The second-order valence-electron chi connectivity index (χ2n) is 5.00. The van der Waals surface area contributed by atoms with Crippen LogP contribution in [-0.2, 0) is 7.05 Å². The van der Waals surface area contributed by atoms with Crippen LogP contribution < -0.4 is 5.32 Å². The smallest absolute Gasteiger partial charge is 0.270 e. The first-order valence-corrected chi connectivity index (χ1v) is 6.76. The Balaban J connectivity index is 1.86. The molecule has 1 N–H and O–H groups in total. The molecule has 112 valence electrons. The Kier molecular flexibility index (Phi) is 3.54.